The predicted octanol–water partition coefficient (Wildman–Crippen LogP) is 4.13. The Hall–Kier alpha value is -1.36. The Kier molecular flexibility index (Phi) is 4.81. The molecule has 5 heteroatoms. The van der Waals surface area contributed by atoms with Crippen molar-refractivity contribution in [3.05, 3.63) is 57.2 Å². The van der Waals surface area contributed by atoms with Gasteiger partial charge >= 0.3 is 0 Å². The van der Waals surface area contributed by atoms with Crippen LogP contribution in [0.25, 0.3) is 0 Å². The number of carbonyl (C=O) groups is 1. The van der Waals surface area contributed by atoms with E-state index in [1.165, 1.54) is 0 Å². The summed E-state index contributed by atoms with van der Waals surface area (Å²) in [6.07, 6.45) is 2.01. The lowest BCUT2D eigenvalue weighted by atomic mass is 10.0. The van der Waals surface area contributed by atoms with Crippen LogP contribution < -0.4 is 0 Å². The minimum atomic E-state index is -0.502. The first-order valence-corrected chi connectivity index (χ1v) is 8.69. The molecule has 1 saturated heterocycles. The van der Waals surface area contributed by atoms with Gasteiger partial charge in [-0.05, 0) is 48.9 Å². The summed E-state index contributed by atoms with van der Waals surface area (Å²) in [4.78, 5) is 15.5. The van der Waals surface area contributed by atoms with Crippen LogP contribution in [0.3, 0.4) is 0 Å². The number of benzene rings is 1. The first kappa shape index (κ1) is 15.5. The monoisotopic (exact) mass is 335 g/mol. The molecule has 2 atom stereocenters. The molecule has 1 fully saturated rings. The van der Waals surface area contributed by atoms with E-state index < -0.39 is 6.10 Å². The molecule has 0 bridgehead atoms. The normalized spacial score (nSPS) is 19.4. The number of carbonyl (C=O) groups excluding carboxylic acids is 1. The number of hydrogen-bond donors (Lipinski definition) is 1. The third-order valence-electron chi connectivity index (χ3n) is 4.08. The molecule has 3 rings (SSSR count). The molecular formula is C17H18ClNO2S. The fraction of sp³-hybridized carbons (Fsp3) is 0.353. The van der Waals surface area contributed by atoms with Crippen molar-refractivity contribution in [1.29, 1.82) is 0 Å². The molecule has 1 aliphatic heterocycles. The van der Waals surface area contributed by atoms with E-state index in [0.717, 1.165) is 24.3 Å². The van der Waals surface area contributed by atoms with Gasteiger partial charge in [-0.15, -0.1) is 11.3 Å². The number of likely N-dealkylation sites (tertiary alicyclic amines) is 1. The van der Waals surface area contributed by atoms with Crippen molar-refractivity contribution < 1.29 is 9.90 Å². The molecule has 116 valence electrons. The van der Waals surface area contributed by atoms with E-state index in [0.29, 0.717) is 17.0 Å². The largest absolute Gasteiger partial charge is 0.387 e. The van der Waals surface area contributed by atoms with Crippen molar-refractivity contribution in [1.82, 2.24) is 4.90 Å². The quantitative estimate of drug-likeness (QED) is 0.912. The zero-order valence-corrected chi connectivity index (χ0v) is 13.7. The topological polar surface area (TPSA) is 40.5 Å². The lowest BCUT2D eigenvalue weighted by Gasteiger charge is -2.26. The zero-order valence-electron chi connectivity index (χ0n) is 12.1. The molecule has 1 amide bonds. The highest BCUT2D eigenvalue weighted by atomic mass is 35.5. The molecule has 1 aliphatic rings. The van der Waals surface area contributed by atoms with E-state index in [9.17, 15) is 9.90 Å². The highest BCUT2D eigenvalue weighted by Gasteiger charge is 2.31. The van der Waals surface area contributed by atoms with Gasteiger partial charge in [0.15, 0.2) is 0 Å². The number of aliphatic hydroxyl groups excluding tert-OH is 1. The molecule has 0 radical (unpaired) electrons. The summed E-state index contributed by atoms with van der Waals surface area (Å²) in [6.45, 7) is 0.743. The molecule has 0 aliphatic carbocycles. The maximum atomic E-state index is 12.7. The Balaban J connectivity index is 1.71. The predicted molar refractivity (Wildman–Crippen MR) is 89.4 cm³/mol. The second-order valence-electron chi connectivity index (χ2n) is 5.57. The van der Waals surface area contributed by atoms with Gasteiger partial charge in [0.2, 0.25) is 0 Å². The maximum Gasteiger partial charge on any atom is 0.254 e. The van der Waals surface area contributed by atoms with Crippen LogP contribution in [0.1, 0.15) is 40.6 Å². The van der Waals surface area contributed by atoms with Crippen molar-refractivity contribution >= 4 is 28.8 Å². The number of aliphatic hydroxyl groups is 1. The summed E-state index contributed by atoms with van der Waals surface area (Å²) in [5.74, 6) is 0.00313. The van der Waals surface area contributed by atoms with Crippen LogP contribution >= 0.6 is 22.9 Å². The zero-order chi connectivity index (χ0) is 15.5. The third-order valence-corrected chi connectivity index (χ3v) is 5.29. The van der Waals surface area contributed by atoms with Crippen LogP contribution in [-0.4, -0.2) is 28.5 Å². The molecule has 1 aromatic heterocycles. The van der Waals surface area contributed by atoms with Crippen molar-refractivity contribution in [3.63, 3.8) is 0 Å². The van der Waals surface area contributed by atoms with Gasteiger partial charge in [-0.1, -0.05) is 23.7 Å². The van der Waals surface area contributed by atoms with Gasteiger partial charge in [0.25, 0.3) is 5.91 Å². The Morgan fingerprint density at radius 2 is 2.27 bits per heavy atom. The number of rotatable bonds is 4. The van der Waals surface area contributed by atoms with Gasteiger partial charge in [0.05, 0.1) is 6.10 Å². The van der Waals surface area contributed by atoms with E-state index in [1.807, 2.05) is 22.4 Å². The minimum absolute atomic E-state index is 0.00313. The molecule has 3 nitrogen and oxygen atoms in total. The van der Waals surface area contributed by atoms with Crippen molar-refractivity contribution in [2.45, 2.75) is 31.4 Å². The van der Waals surface area contributed by atoms with Crippen LogP contribution in [0, 0.1) is 0 Å². The third kappa shape index (κ3) is 3.35. The number of nitrogens with zero attached hydrogens (tertiary/aromatic N) is 1. The Bertz CT molecular complexity index is 644. The Labute approximate surface area is 139 Å². The van der Waals surface area contributed by atoms with Crippen molar-refractivity contribution in [2.75, 3.05) is 6.54 Å². The summed E-state index contributed by atoms with van der Waals surface area (Å²) >= 11 is 7.53. The van der Waals surface area contributed by atoms with E-state index in [1.54, 1.807) is 35.6 Å². The van der Waals surface area contributed by atoms with Gasteiger partial charge in [0, 0.05) is 28.0 Å². The average Bonchev–Trinajstić information content (AvgIpc) is 3.18. The average molecular weight is 336 g/mol. The maximum absolute atomic E-state index is 12.7. The number of amides is 1. The Morgan fingerprint density at radius 1 is 1.41 bits per heavy atom. The summed E-state index contributed by atoms with van der Waals surface area (Å²) in [6, 6.07) is 11.0. The van der Waals surface area contributed by atoms with Crippen molar-refractivity contribution in [2.24, 2.45) is 0 Å². The summed E-state index contributed by atoms with van der Waals surface area (Å²) in [5.41, 5.74) is 0.616. The van der Waals surface area contributed by atoms with Crippen LogP contribution in [0.4, 0.5) is 0 Å². The summed E-state index contributed by atoms with van der Waals surface area (Å²) in [7, 11) is 0. The smallest absolute Gasteiger partial charge is 0.254 e. The first-order valence-electron chi connectivity index (χ1n) is 7.43. The SMILES string of the molecule is O=C(c1cccc(Cl)c1)N1CCCC1CC(O)c1cccs1. The lowest BCUT2D eigenvalue weighted by Crippen LogP contribution is -2.36. The van der Waals surface area contributed by atoms with Crippen LogP contribution in [-0.2, 0) is 0 Å². The van der Waals surface area contributed by atoms with E-state index in [-0.39, 0.29) is 11.9 Å². The first-order chi connectivity index (χ1) is 10.6. The molecule has 0 spiro atoms. The minimum Gasteiger partial charge on any atom is -0.387 e. The molecule has 1 aromatic carbocycles. The summed E-state index contributed by atoms with van der Waals surface area (Å²) in [5, 5.41) is 12.9. The molecule has 2 unspecified atom stereocenters. The lowest BCUT2D eigenvalue weighted by molar-refractivity contribution is 0.0670. The van der Waals surface area contributed by atoms with E-state index >= 15 is 0 Å². The standard InChI is InChI=1S/C17H18ClNO2S/c18-13-5-1-4-12(10-13)17(21)19-8-2-6-14(19)11-15(20)16-7-3-9-22-16/h1,3-5,7,9-10,14-15,20H,2,6,8,11H2. The summed E-state index contributed by atoms with van der Waals surface area (Å²) < 4.78 is 0. The molecule has 0 saturated carbocycles. The van der Waals surface area contributed by atoms with Crippen LogP contribution in [0.2, 0.25) is 5.02 Å². The fourth-order valence-corrected chi connectivity index (χ4v) is 3.91. The van der Waals surface area contributed by atoms with Gasteiger partial charge in [0.1, 0.15) is 0 Å². The molecular weight excluding hydrogens is 318 g/mol. The number of hydrogen-bond acceptors (Lipinski definition) is 3. The van der Waals surface area contributed by atoms with E-state index in [4.69, 9.17) is 11.6 Å². The van der Waals surface area contributed by atoms with Crippen LogP contribution in [0.15, 0.2) is 41.8 Å². The van der Waals surface area contributed by atoms with Crippen molar-refractivity contribution in [3.8, 4) is 0 Å². The van der Waals surface area contributed by atoms with Gasteiger partial charge in [-0.25, -0.2) is 0 Å². The van der Waals surface area contributed by atoms with Gasteiger partial charge in [-0.2, -0.15) is 0 Å². The fourth-order valence-electron chi connectivity index (χ4n) is 2.99. The molecule has 2 aromatic rings. The molecule has 2 heterocycles. The van der Waals surface area contributed by atoms with E-state index in [2.05, 4.69) is 0 Å². The van der Waals surface area contributed by atoms with Gasteiger partial charge in [-0.3, -0.25) is 4.79 Å². The second-order valence-corrected chi connectivity index (χ2v) is 6.99. The molecule has 1 N–H and O–H groups in total. The highest BCUT2D eigenvalue weighted by Crippen LogP contribution is 2.30. The molecule has 22 heavy (non-hydrogen) atoms. The van der Waals surface area contributed by atoms with Crippen LogP contribution in [0.5, 0.6) is 0 Å². The Morgan fingerprint density at radius 3 is 3.00 bits per heavy atom. The van der Waals surface area contributed by atoms with Gasteiger partial charge < -0.3 is 10.0 Å². The number of halogens is 1. The second kappa shape index (κ2) is 6.82. The highest BCUT2D eigenvalue weighted by molar-refractivity contribution is 7.10. The number of thiophene rings is 1.